The summed E-state index contributed by atoms with van der Waals surface area (Å²) in [6, 6.07) is 7.07. The van der Waals surface area contributed by atoms with Crippen LogP contribution in [-0.2, 0) is 0 Å². The van der Waals surface area contributed by atoms with Crippen molar-refractivity contribution >= 4 is 70.6 Å². The predicted molar refractivity (Wildman–Crippen MR) is 125 cm³/mol. The van der Waals surface area contributed by atoms with Crippen molar-refractivity contribution in [1.29, 1.82) is 0 Å². The summed E-state index contributed by atoms with van der Waals surface area (Å²) in [5, 5.41) is 33.7. The zero-order valence-corrected chi connectivity index (χ0v) is 20.2. The van der Waals surface area contributed by atoms with Gasteiger partial charge in [0, 0.05) is 17.6 Å². The van der Waals surface area contributed by atoms with Crippen molar-refractivity contribution in [3.8, 4) is 11.5 Å². The lowest BCUT2D eigenvalue weighted by Gasteiger charge is -2.14. The molecular formula is C16H18N4O4S6. The second kappa shape index (κ2) is 12.1. The molecule has 0 saturated heterocycles. The molecule has 0 bridgehead atoms. The van der Waals surface area contributed by atoms with E-state index >= 15 is 0 Å². The number of H-pyrrole nitrogens is 2. The van der Waals surface area contributed by atoms with Crippen LogP contribution in [0.15, 0.2) is 32.9 Å². The number of aliphatic hydroxyl groups excluding tert-OH is 2. The Balaban J connectivity index is 1.38. The van der Waals surface area contributed by atoms with E-state index in [0.29, 0.717) is 30.9 Å². The first-order chi connectivity index (χ1) is 14.5. The zero-order chi connectivity index (χ0) is 21.3. The highest BCUT2D eigenvalue weighted by Crippen LogP contribution is 2.24. The van der Waals surface area contributed by atoms with Crippen LogP contribution < -0.4 is 9.47 Å². The maximum Gasteiger partial charge on any atom is 0.177 e. The van der Waals surface area contributed by atoms with Crippen molar-refractivity contribution in [2.45, 2.75) is 20.9 Å². The van der Waals surface area contributed by atoms with Gasteiger partial charge in [-0.2, -0.15) is 10.2 Å². The molecular weight excluding hydrogens is 505 g/mol. The summed E-state index contributed by atoms with van der Waals surface area (Å²) in [6.07, 6.45) is -1.32. The van der Waals surface area contributed by atoms with E-state index in [2.05, 4.69) is 20.4 Å². The van der Waals surface area contributed by atoms with Crippen molar-refractivity contribution in [3.63, 3.8) is 0 Å². The van der Waals surface area contributed by atoms with Gasteiger partial charge in [0.15, 0.2) is 16.6 Å². The molecule has 1 aromatic carbocycles. The standard InChI is InChI=1S/C16H18N4O4S6/c21-9(7-27-15-19-17-13(25)29-15)5-23-11-2-1-3-12(4-11)24-6-10(22)8-28-16-20-18-14(26)30-16/h1-4,9-10,21-22H,5-8H2,(H,17,25)(H,18,26). The summed E-state index contributed by atoms with van der Waals surface area (Å²) in [4.78, 5) is 0. The molecule has 2 unspecified atom stereocenters. The maximum absolute atomic E-state index is 10.1. The second-order valence-electron chi connectivity index (χ2n) is 5.78. The number of rotatable bonds is 12. The van der Waals surface area contributed by atoms with Crippen LogP contribution in [0.3, 0.4) is 0 Å². The monoisotopic (exact) mass is 522 g/mol. The van der Waals surface area contributed by atoms with Crippen LogP contribution in [0, 0.1) is 7.91 Å². The van der Waals surface area contributed by atoms with E-state index in [9.17, 15) is 10.2 Å². The predicted octanol–water partition coefficient (Wildman–Crippen LogP) is 3.78. The topological polar surface area (TPSA) is 116 Å². The number of aliphatic hydroxyl groups is 2. The second-order valence-corrected chi connectivity index (χ2v) is 11.7. The Hall–Kier alpha value is -1.00. The van der Waals surface area contributed by atoms with Crippen molar-refractivity contribution in [2.24, 2.45) is 0 Å². The molecule has 30 heavy (non-hydrogen) atoms. The summed E-state index contributed by atoms with van der Waals surface area (Å²) >= 11 is 15.5. The fourth-order valence-corrected chi connectivity index (χ4v) is 6.05. The van der Waals surface area contributed by atoms with Gasteiger partial charge < -0.3 is 19.7 Å². The minimum atomic E-state index is -0.658. The van der Waals surface area contributed by atoms with Gasteiger partial charge in [-0.25, -0.2) is 0 Å². The molecule has 0 amide bonds. The molecule has 0 spiro atoms. The van der Waals surface area contributed by atoms with Crippen LogP contribution in [0.5, 0.6) is 11.5 Å². The molecule has 162 valence electrons. The normalized spacial score (nSPS) is 13.1. The minimum absolute atomic E-state index is 0.140. The summed E-state index contributed by atoms with van der Waals surface area (Å²) in [7, 11) is 0. The summed E-state index contributed by atoms with van der Waals surface area (Å²) in [6.45, 7) is 0.280. The molecule has 3 rings (SSSR count). The van der Waals surface area contributed by atoms with Crippen molar-refractivity contribution in [2.75, 3.05) is 24.7 Å². The van der Waals surface area contributed by atoms with Gasteiger partial charge in [0.1, 0.15) is 24.7 Å². The van der Waals surface area contributed by atoms with E-state index in [4.69, 9.17) is 33.9 Å². The molecule has 0 aliphatic carbocycles. The van der Waals surface area contributed by atoms with E-state index in [0.717, 1.165) is 8.68 Å². The van der Waals surface area contributed by atoms with Gasteiger partial charge in [-0.15, -0.1) is 0 Å². The fraction of sp³-hybridized carbons (Fsp3) is 0.375. The van der Waals surface area contributed by atoms with E-state index in [1.807, 2.05) is 0 Å². The van der Waals surface area contributed by atoms with Crippen LogP contribution in [0.2, 0.25) is 0 Å². The number of aromatic nitrogens is 4. The molecule has 2 atom stereocenters. The van der Waals surface area contributed by atoms with Crippen LogP contribution >= 0.6 is 70.6 Å². The van der Waals surface area contributed by atoms with Gasteiger partial charge in [-0.05, 0) is 36.6 Å². The average molecular weight is 523 g/mol. The van der Waals surface area contributed by atoms with E-state index in [1.54, 1.807) is 24.3 Å². The van der Waals surface area contributed by atoms with Crippen LogP contribution in [-0.4, -0.2) is 67.5 Å². The molecule has 0 fully saturated rings. The number of hydrogen-bond donors (Lipinski definition) is 4. The van der Waals surface area contributed by atoms with Gasteiger partial charge >= 0.3 is 0 Å². The number of thioether (sulfide) groups is 2. The lowest BCUT2D eigenvalue weighted by Crippen LogP contribution is -2.20. The molecule has 3 aromatic rings. The third-order valence-electron chi connectivity index (χ3n) is 3.33. The summed E-state index contributed by atoms with van der Waals surface area (Å²) < 4.78 is 14.1. The first kappa shape index (κ1) is 23.7. The first-order valence-electron chi connectivity index (χ1n) is 8.56. The Morgan fingerprint density at radius 1 is 0.900 bits per heavy atom. The third-order valence-corrected chi connectivity index (χ3v) is 8.08. The zero-order valence-electron chi connectivity index (χ0n) is 15.3. The van der Waals surface area contributed by atoms with Crippen molar-refractivity contribution in [1.82, 2.24) is 20.4 Å². The highest BCUT2D eigenvalue weighted by Gasteiger charge is 2.11. The van der Waals surface area contributed by atoms with Crippen molar-refractivity contribution in [3.05, 3.63) is 32.2 Å². The molecule has 0 saturated carbocycles. The Morgan fingerprint density at radius 3 is 1.77 bits per heavy atom. The van der Waals surface area contributed by atoms with Gasteiger partial charge in [0.25, 0.3) is 0 Å². The lowest BCUT2D eigenvalue weighted by molar-refractivity contribution is 0.122. The molecule has 2 aromatic heterocycles. The Bertz CT molecular complexity index is 957. The summed E-state index contributed by atoms with van der Waals surface area (Å²) in [5.41, 5.74) is 0. The van der Waals surface area contributed by atoms with E-state index in [1.165, 1.54) is 46.2 Å². The summed E-state index contributed by atoms with van der Waals surface area (Å²) in [5.74, 6) is 2.04. The van der Waals surface area contributed by atoms with Crippen molar-refractivity contribution < 1.29 is 19.7 Å². The maximum atomic E-state index is 10.1. The van der Waals surface area contributed by atoms with E-state index in [-0.39, 0.29) is 13.2 Å². The fourth-order valence-electron chi connectivity index (χ4n) is 2.03. The molecule has 4 N–H and O–H groups in total. The largest absolute Gasteiger partial charge is 0.491 e. The van der Waals surface area contributed by atoms with Gasteiger partial charge in [0.05, 0.1) is 12.2 Å². The SMILES string of the molecule is OC(COc1cccc(OCC(O)CSc2n[nH]c(=S)s2)c1)CSc1n[nH]c(=S)s1. The molecule has 2 heterocycles. The van der Waals surface area contributed by atoms with Crippen LogP contribution in [0.1, 0.15) is 0 Å². The highest BCUT2D eigenvalue weighted by molar-refractivity contribution is 8.01. The number of hydrogen-bond acceptors (Lipinski definition) is 12. The smallest absolute Gasteiger partial charge is 0.177 e. The lowest BCUT2D eigenvalue weighted by atomic mass is 10.3. The highest BCUT2D eigenvalue weighted by atomic mass is 32.2. The van der Waals surface area contributed by atoms with Gasteiger partial charge in [-0.3, -0.25) is 10.2 Å². The van der Waals surface area contributed by atoms with Gasteiger partial charge in [-0.1, -0.05) is 52.3 Å². The number of nitrogens with one attached hydrogen (secondary N) is 2. The minimum Gasteiger partial charge on any atom is -0.491 e. The molecule has 0 aliphatic heterocycles. The quantitative estimate of drug-likeness (QED) is 0.207. The Labute approximate surface area is 199 Å². The molecule has 14 heteroatoms. The van der Waals surface area contributed by atoms with Crippen LogP contribution in [0.4, 0.5) is 0 Å². The molecule has 0 radical (unpaired) electrons. The van der Waals surface area contributed by atoms with Crippen LogP contribution in [0.25, 0.3) is 0 Å². The van der Waals surface area contributed by atoms with Gasteiger partial charge in [0.2, 0.25) is 0 Å². The number of benzene rings is 1. The Morgan fingerprint density at radius 2 is 1.37 bits per heavy atom. The number of nitrogens with zero attached hydrogens (tertiary/aromatic N) is 2. The number of aromatic amines is 2. The third kappa shape index (κ3) is 8.26. The Kier molecular flexibility index (Phi) is 9.58. The average Bonchev–Trinajstić information content (AvgIpc) is 3.35. The first-order valence-corrected chi connectivity index (χ1v) is 13.0. The van der Waals surface area contributed by atoms with E-state index < -0.39 is 12.2 Å². The molecule has 8 nitrogen and oxygen atoms in total. The number of ether oxygens (including phenoxy) is 2. The molecule has 0 aliphatic rings.